The quantitative estimate of drug-likeness (QED) is 0.324. The number of nitrogens with one attached hydrogen (secondary N) is 1. The van der Waals surface area contributed by atoms with E-state index in [1.807, 2.05) is 29.2 Å². The molecule has 1 aromatic heterocycles. The summed E-state index contributed by atoms with van der Waals surface area (Å²) in [7, 11) is -3.62. The van der Waals surface area contributed by atoms with Crippen LogP contribution in [0.25, 0.3) is 11.1 Å². The third-order valence-corrected chi connectivity index (χ3v) is 9.35. The summed E-state index contributed by atoms with van der Waals surface area (Å²) in [6.07, 6.45) is 1.40. The summed E-state index contributed by atoms with van der Waals surface area (Å²) in [6.45, 7) is 8.74. The molecule has 4 rings (SSSR count). The number of nitrogens with zero attached hydrogens (tertiary/aromatic N) is 4. The number of hydroxylamine groups is 1. The Kier molecular flexibility index (Phi) is 8.37. The monoisotopic (exact) mass is 529 g/mol. The Morgan fingerprint density at radius 2 is 1.75 bits per heavy atom. The maximum absolute atomic E-state index is 13.3. The number of thiazole rings is 1. The Labute approximate surface area is 216 Å². The van der Waals surface area contributed by atoms with Crippen LogP contribution in [-0.4, -0.2) is 73.0 Å². The molecule has 3 aromatic rings. The molecule has 9 nitrogen and oxygen atoms in total. The lowest BCUT2D eigenvalue weighted by molar-refractivity contribution is 0.0710. The molecule has 0 aliphatic carbocycles. The van der Waals surface area contributed by atoms with E-state index in [0.29, 0.717) is 36.2 Å². The SMILES string of the molecule is CCN(CC)Cc1cccc(-c2ccc(S(=O)(=O)N3CCN(c4ncc(C(=O)NO)s4)CC3)cc2)c1. The second kappa shape index (κ2) is 11.5. The lowest BCUT2D eigenvalue weighted by Gasteiger charge is -2.33. The zero-order chi connectivity index (χ0) is 25.7. The molecule has 0 saturated carbocycles. The number of anilines is 1. The largest absolute Gasteiger partial charge is 0.345 e. The smallest absolute Gasteiger partial charge is 0.286 e. The lowest BCUT2D eigenvalue weighted by atomic mass is 10.0. The van der Waals surface area contributed by atoms with Crippen LogP contribution in [-0.2, 0) is 16.6 Å². The third kappa shape index (κ3) is 5.76. The van der Waals surface area contributed by atoms with E-state index in [9.17, 15) is 13.2 Å². The molecule has 1 saturated heterocycles. The molecule has 0 atom stereocenters. The Balaban J connectivity index is 1.42. The summed E-state index contributed by atoms with van der Waals surface area (Å²) in [5.41, 5.74) is 4.87. The maximum atomic E-state index is 13.3. The highest BCUT2D eigenvalue weighted by molar-refractivity contribution is 7.89. The average Bonchev–Trinajstić information content (AvgIpc) is 3.42. The minimum atomic E-state index is -3.62. The molecule has 1 fully saturated rings. The Morgan fingerprint density at radius 1 is 1.06 bits per heavy atom. The maximum Gasteiger partial charge on any atom is 0.286 e. The molecule has 1 aliphatic rings. The van der Waals surface area contributed by atoms with Gasteiger partial charge in [-0.05, 0) is 48.0 Å². The number of sulfonamides is 1. The number of piperazine rings is 1. The fourth-order valence-electron chi connectivity index (χ4n) is 4.21. The van der Waals surface area contributed by atoms with E-state index in [0.717, 1.165) is 42.1 Å². The first-order chi connectivity index (χ1) is 17.3. The van der Waals surface area contributed by atoms with Gasteiger partial charge in [0.2, 0.25) is 10.0 Å². The van der Waals surface area contributed by atoms with Gasteiger partial charge in [-0.1, -0.05) is 55.5 Å². The average molecular weight is 530 g/mol. The highest BCUT2D eigenvalue weighted by Gasteiger charge is 2.29. The summed E-state index contributed by atoms with van der Waals surface area (Å²) in [5, 5.41) is 9.40. The van der Waals surface area contributed by atoms with E-state index in [4.69, 9.17) is 5.21 Å². The molecule has 36 heavy (non-hydrogen) atoms. The molecular formula is C25H31N5O4S2. The number of aromatic nitrogens is 1. The van der Waals surface area contributed by atoms with Crippen LogP contribution in [0.5, 0.6) is 0 Å². The summed E-state index contributed by atoms with van der Waals surface area (Å²) in [5.74, 6) is -0.612. The van der Waals surface area contributed by atoms with Crippen molar-refractivity contribution in [3.8, 4) is 11.1 Å². The Hall–Kier alpha value is -2.83. The predicted octanol–water partition coefficient (Wildman–Crippen LogP) is 3.28. The number of carbonyl (C=O) groups is 1. The second-order valence-corrected chi connectivity index (χ2v) is 11.5. The van der Waals surface area contributed by atoms with Gasteiger partial charge in [0.15, 0.2) is 5.13 Å². The predicted molar refractivity (Wildman–Crippen MR) is 141 cm³/mol. The minimum absolute atomic E-state index is 0.273. The van der Waals surface area contributed by atoms with Crippen LogP contribution in [0, 0.1) is 0 Å². The minimum Gasteiger partial charge on any atom is -0.345 e. The third-order valence-electron chi connectivity index (χ3n) is 6.38. The van der Waals surface area contributed by atoms with Crippen LogP contribution in [0.15, 0.2) is 59.6 Å². The van der Waals surface area contributed by atoms with Crippen LogP contribution in [0.4, 0.5) is 5.13 Å². The van der Waals surface area contributed by atoms with Gasteiger partial charge in [-0.25, -0.2) is 18.9 Å². The molecule has 0 radical (unpaired) electrons. The van der Waals surface area contributed by atoms with E-state index in [1.165, 1.54) is 16.1 Å². The van der Waals surface area contributed by atoms with Crippen LogP contribution >= 0.6 is 11.3 Å². The van der Waals surface area contributed by atoms with Crippen molar-refractivity contribution in [2.75, 3.05) is 44.2 Å². The van der Waals surface area contributed by atoms with E-state index < -0.39 is 15.9 Å². The van der Waals surface area contributed by atoms with Crippen molar-refractivity contribution in [1.29, 1.82) is 0 Å². The van der Waals surface area contributed by atoms with Crippen molar-refractivity contribution in [2.24, 2.45) is 0 Å². The summed E-state index contributed by atoms with van der Waals surface area (Å²) < 4.78 is 28.0. The number of hydrogen-bond acceptors (Lipinski definition) is 8. The van der Waals surface area contributed by atoms with Crippen molar-refractivity contribution in [2.45, 2.75) is 25.3 Å². The highest BCUT2D eigenvalue weighted by atomic mass is 32.2. The van der Waals surface area contributed by atoms with Gasteiger partial charge in [-0.2, -0.15) is 4.31 Å². The molecule has 0 spiro atoms. The lowest BCUT2D eigenvalue weighted by Crippen LogP contribution is -2.48. The normalized spacial score (nSPS) is 14.8. The van der Waals surface area contributed by atoms with Gasteiger partial charge in [0.1, 0.15) is 4.88 Å². The van der Waals surface area contributed by atoms with Crippen molar-refractivity contribution >= 4 is 32.4 Å². The van der Waals surface area contributed by atoms with Gasteiger partial charge in [0.05, 0.1) is 11.1 Å². The highest BCUT2D eigenvalue weighted by Crippen LogP contribution is 2.27. The van der Waals surface area contributed by atoms with E-state index in [1.54, 1.807) is 17.6 Å². The van der Waals surface area contributed by atoms with E-state index >= 15 is 0 Å². The standard InChI is InChI=1S/C25H31N5O4S2/c1-3-28(4-2)18-19-6-5-7-21(16-19)20-8-10-22(11-9-20)36(33,34)30-14-12-29(13-15-30)25-26-17-23(35-25)24(31)27-32/h5-11,16-17,32H,3-4,12-15,18H2,1-2H3,(H,27,31). The van der Waals surface area contributed by atoms with E-state index in [2.05, 4.69) is 35.9 Å². The number of amides is 1. The van der Waals surface area contributed by atoms with Crippen molar-refractivity contribution in [3.63, 3.8) is 0 Å². The molecule has 1 aliphatic heterocycles. The zero-order valence-corrected chi connectivity index (χ0v) is 22.1. The van der Waals surface area contributed by atoms with Crippen LogP contribution in [0.1, 0.15) is 29.1 Å². The molecule has 2 aromatic carbocycles. The van der Waals surface area contributed by atoms with Crippen LogP contribution in [0.2, 0.25) is 0 Å². The number of carbonyl (C=O) groups excluding carboxylic acids is 1. The fourth-order valence-corrected chi connectivity index (χ4v) is 6.49. The number of hydrogen-bond donors (Lipinski definition) is 2. The second-order valence-electron chi connectivity index (χ2n) is 8.53. The van der Waals surface area contributed by atoms with Gasteiger partial charge in [-0.15, -0.1) is 0 Å². The topological polar surface area (TPSA) is 106 Å². The van der Waals surface area contributed by atoms with Gasteiger partial charge >= 0.3 is 0 Å². The number of benzene rings is 2. The molecule has 0 bridgehead atoms. The van der Waals surface area contributed by atoms with Crippen molar-refractivity contribution in [3.05, 3.63) is 65.2 Å². The first-order valence-corrected chi connectivity index (χ1v) is 14.2. The molecule has 11 heteroatoms. The summed E-state index contributed by atoms with van der Waals surface area (Å²) in [4.78, 5) is 20.6. The molecule has 2 heterocycles. The molecule has 0 unspecified atom stereocenters. The van der Waals surface area contributed by atoms with Gasteiger partial charge in [-0.3, -0.25) is 14.9 Å². The summed E-state index contributed by atoms with van der Waals surface area (Å²) in [6, 6.07) is 15.4. The van der Waals surface area contributed by atoms with Crippen LogP contribution in [0.3, 0.4) is 0 Å². The molecular weight excluding hydrogens is 498 g/mol. The molecule has 192 valence electrons. The fraction of sp³-hybridized carbons (Fsp3) is 0.360. The number of rotatable bonds is 9. The van der Waals surface area contributed by atoms with Crippen LogP contribution < -0.4 is 10.4 Å². The van der Waals surface area contributed by atoms with Crippen molar-refractivity contribution in [1.82, 2.24) is 19.7 Å². The van der Waals surface area contributed by atoms with Gasteiger partial charge in [0, 0.05) is 32.7 Å². The summed E-state index contributed by atoms with van der Waals surface area (Å²) >= 11 is 1.16. The van der Waals surface area contributed by atoms with E-state index in [-0.39, 0.29) is 4.90 Å². The first kappa shape index (κ1) is 26.2. The van der Waals surface area contributed by atoms with Gasteiger partial charge in [0.25, 0.3) is 5.91 Å². The zero-order valence-electron chi connectivity index (χ0n) is 20.4. The Bertz CT molecular complexity index is 1280. The molecule has 2 N–H and O–H groups in total. The van der Waals surface area contributed by atoms with Gasteiger partial charge < -0.3 is 4.90 Å². The molecule has 1 amide bonds. The van der Waals surface area contributed by atoms with Crippen molar-refractivity contribution < 1.29 is 18.4 Å². The first-order valence-electron chi connectivity index (χ1n) is 11.9. The Morgan fingerprint density at radius 3 is 2.39 bits per heavy atom.